The molecule has 0 spiro atoms. The summed E-state index contributed by atoms with van der Waals surface area (Å²) in [5, 5.41) is 11.9. The number of carboxylic acid groups (broad SMARTS) is 1. The second kappa shape index (κ2) is 7.05. The molecule has 0 bridgehead atoms. The van der Waals surface area contributed by atoms with Gasteiger partial charge in [0.15, 0.2) is 0 Å². The van der Waals surface area contributed by atoms with Gasteiger partial charge >= 0.3 is 5.97 Å². The van der Waals surface area contributed by atoms with Gasteiger partial charge in [0.2, 0.25) is 5.91 Å². The Labute approximate surface area is 117 Å². The molecule has 5 nitrogen and oxygen atoms in total. The second-order valence-corrected chi connectivity index (χ2v) is 4.99. The zero-order chi connectivity index (χ0) is 14.4. The number of benzene rings is 1. The van der Waals surface area contributed by atoms with E-state index in [9.17, 15) is 9.59 Å². The van der Waals surface area contributed by atoms with E-state index in [-0.39, 0.29) is 23.9 Å². The van der Waals surface area contributed by atoms with Gasteiger partial charge in [-0.1, -0.05) is 12.1 Å². The van der Waals surface area contributed by atoms with Crippen LogP contribution in [0.3, 0.4) is 0 Å². The van der Waals surface area contributed by atoms with Crippen molar-refractivity contribution in [3.05, 3.63) is 35.4 Å². The fourth-order valence-corrected chi connectivity index (χ4v) is 2.33. The fourth-order valence-electron chi connectivity index (χ4n) is 2.33. The average molecular weight is 277 g/mol. The standard InChI is InChI=1S/C15H19NO4/c17-14(16-13-5-2-7-20-8-6-13)10-11-3-1-4-12(9-11)15(18)19/h1,3-4,9,13H,2,5-8,10H2,(H,16,17)(H,18,19). The maximum atomic E-state index is 12.0. The van der Waals surface area contributed by atoms with Crippen molar-refractivity contribution in [3.63, 3.8) is 0 Å². The molecule has 5 heteroatoms. The number of carbonyl (C=O) groups excluding carboxylic acids is 1. The maximum absolute atomic E-state index is 12.0. The maximum Gasteiger partial charge on any atom is 0.335 e. The zero-order valence-corrected chi connectivity index (χ0v) is 11.3. The normalized spacial score (nSPS) is 19.1. The number of amides is 1. The summed E-state index contributed by atoms with van der Waals surface area (Å²) in [6.07, 6.45) is 2.93. The van der Waals surface area contributed by atoms with Crippen LogP contribution in [0.25, 0.3) is 0 Å². The third kappa shape index (κ3) is 4.35. The Morgan fingerprint density at radius 3 is 2.95 bits per heavy atom. The largest absolute Gasteiger partial charge is 0.478 e. The van der Waals surface area contributed by atoms with E-state index in [0.29, 0.717) is 12.2 Å². The zero-order valence-electron chi connectivity index (χ0n) is 11.3. The minimum atomic E-state index is -0.979. The van der Waals surface area contributed by atoms with E-state index in [1.54, 1.807) is 12.1 Å². The molecule has 108 valence electrons. The van der Waals surface area contributed by atoms with Gasteiger partial charge in [-0.2, -0.15) is 0 Å². The van der Waals surface area contributed by atoms with Crippen molar-refractivity contribution in [2.75, 3.05) is 13.2 Å². The number of ether oxygens (including phenoxy) is 1. The van der Waals surface area contributed by atoms with Gasteiger partial charge in [-0.05, 0) is 37.0 Å². The van der Waals surface area contributed by atoms with E-state index in [1.165, 1.54) is 12.1 Å². The van der Waals surface area contributed by atoms with Gasteiger partial charge in [-0.25, -0.2) is 4.79 Å². The number of hydrogen-bond donors (Lipinski definition) is 2. The van der Waals surface area contributed by atoms with Crippen molar-refractivity contribution in [1.29, 1.82) is 0 Å². The highest BCUT2D eigenvalue weighted by Crippen LogP contribution is 2.10. The van der Waals surface area contributed by atoms with Crippen LogP contribution in [0, 0.1) is 0 Å². The van der Waals surface area contributed by atoms with E-state index in [1.807, 2.05) is 0 Å². The molecule has 1 atom stereocenters. The van der Waals surface area contributed by atoms with Crippen LogP contribution < -0.4 is 5.32 Å². The molecule has 1 aliphatic heterocycles. The van der Waals surface area contributed by atoms with Crippen LogP contribution >= 0.6 is 0 Å². The molecule has 2 N–H and O–H groups in total. The summed E-state index contributed by atoms with van der Waals surface area (Å²) in [6.45, 7) is 1.44. The van der Waals surface area contributed by atoms with Crippen LogP contribution in [0.2, 0.25) is 0 Å². The quantitative estimate of drug-likeness (QED) is 0.876. The van der Waals surface area contributed by atoms with Gasteiger partial charge in [0, 0.05) is 19.3 Å². The van der Waals surface area contributed by atoms with Gasteiger partial charge < -0.3 is 15.2 Å². The molecule has 1 aromatic rings. The van der Waals surface area contributed by atoms with Crippen molar-refractivity contribution in [3.8, 4) is 0 Å². The Hall–Kier alpha value is -1.88. The van der Waals surface area contributed by atoms with Gasteiger partial charge in [0.25, 0.3) is 0 Å². The molecule has 0 aliphatic carbocycles. The molecular weight excluding hydrogens is 258 g/mol. The first-order chi connectivity index (χ1) is 9.65. The van der Waals surface area contributed by atoms with E-state index >= 15 is 0 Å². The third-order valence-electron chi connectivity index (χ3n) is 3.36. The number of carboxylic acids is 1. The highest BCUT2D eigenvalue weighted by molar-refractivity contribution is 5.88. The van der Waals surface area contributed by atoms with Crippen LogP contribution in [0.1, 0.15) is 35.2 Å². The van der Waals surface area contributed by atoms with Gasteiger partial charge in [0.1, 0.15) is 0 Å². The summed E-state index contributed by atoms with van der Waals surface area (Å²) in [7, 11) is 0. The van der Waals surface area contributed by atoms with E-state index in [2.05, 4.69) is 5.32 Å². The lowest BCUT2D eigenvalue weighted by molar-refractivity contribution is -0.121. The lowest BCUT2D eigenvalue weighted by Gasteiger charge is -2.15. The lowest BCUT2D eigenvalue weighted by atomic mass is 10.1. The number of rotatable bonds is 4. The number of hydrogen-bond acceptors (Lipinski definition) is 3. The van der Waals surface area contributed by atoms with Gasteiger partial charge in [-0.15, -0.1) is 0 Å². The summed E-state index contributed by atoms with van der Waals surface area (Å²) in [5.74, 6) is -1.05. The van der Waals surface area contributed by atoms with Crippen molar-refractivity contribution in [2.24, 2.45) is 0 Å². The van der Waals surface area contributed by atoms with Gasteiger partial charge in [0.05, 0.1) is 12.0 Å². The smallest absolute Gasteiger partial charge is 0.335 e. The minimum absolute atomic E-state index is 0.0700. The molecule has 1 heterocycles. The van der Waals surface area contributed by atoms with Crippen molar-refractivity contribution >= 4 is 11.9 Å². The highest BCUT2D eigenvalue weighted by Gasteiger charge is 2.15. The lowest BCUT2D eigenvalue weighted by Crippen LogP contribution is -2.36. The SMILES string of the molecule is O=C(Cc1cccc(C(=O)O)c1)NC1CCCOCC1. The third-order valence-corrected chi connectivity index (χ3v) is 3.36. The first-order valence-corrected chi connectivity index (χ1v) is 6.84. The van der Waals surface area contributed by atoms with E-state index in [0.717, 1.165) is 25.9 Å². The first kappa shape index (κ1) is 14.5. The van der Waals surface area contributed by atoms with E-state index in [4.69, 9.17) is 9.84 Å². The summed E-state index contributed by atoms with van der Waals surface area (Å²) in [4.78, 5) is 22.9. The van der Waals surface area contributed by atoms with E-state index < -0.39 is 5.97 Å². The molecular formula is C15H19NO4. The molecule has 1 aromatic carbocycles. The Bertz CT molecular complexity index is 479. The van der Waals surface area contributed by atoms with Gasteiger partial charge in [-0.3, -0.25) is 4.79 Å². The Morgan fingerprint density at radius 1 is 1.30 bits per heavy atom. The second-order valence-electron chi connectivity index (χ2n) is 4.99. The van der Waals surface area contributed by atoms with Crippen molar-refractivity contribution in [1.82, 2.24) is 5.32 Å². The van der Waals surface area contributed by atoms with Crippen LogP contribution in [0.4, 0.5) is 0 Å². The Kier molecular flexibility index (Phi) is 5.12. The first-order valence-electron chi connectivity index (χ1n) is 6.84. The minimum Gasteiger partial charge on any atom is -0.478 e. The molecule has 20 heavy (non-hydrogen) atoms. The van der Waals surface area contributed by atoms with Crippen molar-refractivity contribution < 1.29 is 19.4 Å². The highest BCUT2D eigenvalue weighted by atomic mass is 16.5. The molecule has 1 amide bonds. The monoisotopic (exact) mass is 277 g/mol. The molecule has 2 rings (SSSR count). The summed E-state index contributed by atoms with van der Waals surface area (Å²) < 4.78 is 5.35. The van der Waals surface area contributed by atoms with Crippen LogP contribution in [0.5, 0.6) is 0 Å². The van der Waals surface area contributed by atoms with Crippen LogP contribution in [0.15, 0.2) is 24.3 Å². The van der Waals surface area contributed by atoms with Crippen LogP contribution in [-0.4, -0.2) is 36.2 Å². The number of aromatic carboxylic acids is 1. The molecule has 1 aliphatic rings. The predicted octanol–water partition coefficient (Wildman–Crippen LogP) is 1.61. The molecule has 0 aromatic heterocycles. The summed E-state index contributed by atoms with van der Waals surface area (Å²) in [5.41, 5.74) is 0.922. The van der Waals surface area contributed by atoms with Crippen molar-refractivity contribution in [2.45, 2.75) is 31.7 Å². The molecule has 0 saturated carbocycles. The number of carbonyl (C=O) groups is 2. The number of nitrogens with one attached hydrogen (secondary N) is 1. The average Bonchev–Trinajstić information content (AvgIpc) is 2.67. The summed E-state index contributed by atoms with van der Waals surface area (Å²) in [6, 6.07) is 6.64. The summed E-state index contributed by atoms with van der Waals surface area (Å²) >= 11 is 0. The topological polar surface area (TPSA) is 75.6 Å². The Morgan fingerprint density at radius 2 is 2.15 bits per heavy atom. The molecule has 1 unspecified atom stereocenters. The van der Waals surface area contributed by atoms with Crippen LogP contribution in [-0.2, 0) is 16.0 Å². The predicted molar refractivity (Wildman–Crippen MR) is 73.7 cm³/mol. The molecule has 1 fully saturated rings. The molecule has 1 saturated heterocycles. The fraction of sp³-hybridized carbons (Fsp3) is 0.467. The molecule has 0 radical (unpaired) electrons. The Balaban J connectivity index is 1.90.